The van der Waals surface area contributed by atoms with Crippen molar-refractivity contribution in [3.8, 4) is 0 Å². The Hall–Kier alpha value is -0.930. The van der Waals surface area contributed by atoms with Gasteiger partial charge in [0.25, 0.3) is 0 Å². The molecule has 0 aliphatic rings. The van der Waals surface area contributed by atoms with Crippen LogP contribution in [0.3, 0.4) is 0 Å². The molecule has 0 bridgehead atoms. The third-order valence-electron chi connectivity index (χ3n) is 2.90. The van der Waals surface area contributed by atoms with E-state index in [0.29, 0.717) is 13.0 Å². The van der Waals surface area contributed by atoms with E-state index >= 15 is 0 Å². The van der Waals surface area contributed by atoms with Crippen LogP contribution in [0.2, 0.25) is 0 Å². The molecule has 0 aliphatic heterocycles. The molecule has 0 spiro atoms. The summed E-state index contributed by atoms with van der Waals surface area (Å²) in [5.41, 5.74) is 0.189. The number of rotatable bonds is 5. The summed E-state index contributed by atoms with van der Waals surface area (Å²) in [6, 6.07) is 6.55. The minimum Gasteiger partial charge on any atom is -0.389 e. The lowest BCUT2D eigenvalue weighted by Crippen LogP contribution is -2.38. The molecule has 0 saturated heterocycles. The van der Waals surface area contributed by atoms with Gasteiger partial charge in [0, 0.05) is 12.6 Å². The van der Waals surface area contributed by atoms with E-state index in [4.69, 9.17) is 0 Å². The average molecular weight is 225 g/mol. The second kappa shape index (κ2) is 5.41. The first-order chi connectivity index (χ1) is 7.44. The number of benzene rings is 1. The van der Waals surface area contributed by atoms with Crippen molar-refractivity contribution in [2.24, 2.45) is 0 Å². The van der Waals surface area contributed by atoms with Crippen LogP contribution in [0.5, 0.6) is 0 Å². The first-order valence-corrected chi connectivity index (χ1v) is 5.66. The standard InChI is InChI=1S/C13H20FNO/c1-4-13(3,16)9-15-10(2)11-6-5-7-12(14)8-11/h5-8,10,15-16H,4,9H2,1-3H3/t10-,13?/m0/s1. The Morgan fingerprint density at radius 3 is 2.75 bits per heavy atom. The predicted molar refractivity (Wildman–Crippen MR) is 63.7 cm³/mol. The molecule has 1 aromatic rings. The van der Waals surface area contributed by atoms with E-state index in [1.807, 2.05) is 19.9 Å². The van der Waals surface area contributed by atoms with Crippen molar-refractivity contribution in [1.29, 1.82) is 0 Å². The van der Waals surface area contributed by atoms with Gasteiger partial charge in [0.05, 0.1) is 5.60 Å². The average Bonchev–Trinajstić information content (AvgIpc) is 2.26. The van der Waals surface area contributed by atoms with E-state index in [1.54, 1.807) is 13.0 Å². The van der Waals surface area contributed by atoms with E-state index < -0.39 is 5.60 Å². The fraction of sp³-hybridized carbons (Fsp3) is 0.538. The SMILES string of the molecule is CCC(C)(O)CN[C@@H](C)c1cccc(F)c1. The maximum atomic E-state index is 13.0. The summed E-state index contributed by atoms with van der Waals surface area (Å²) in [7, 11) is 0. The highest BCUT2D eigenvalue weighted by Gasteiger charge is 2.18. The van der Waals surface area contributed by atoms with Crippen molar-refractivity contribution in [1.82, 2.24) is 5.32 Å². The fourth-order valence-corrected chi connectivity index (χ4v) is 1.39. The van der Waals surface area contributed by atoms with Crippen LogP contribution in [0.25, 0.3) is 0 Å². The first-order valence-electron chi connectivity index (χ1n) is 5.66. The van der Waals surface area contributed by atoms with E-state index in [0.717, 1.165) is 5.56 Å². The van der Waals surface area contributed by atoms with Crippen LogP contribution < -0.4 is 5.32 Å². The van der Waals surface area contributed by atoms with Crippen molar-refractivity contribution < 1.29 is 9.50 Å². The van der Waals surface area contributed by atoms with Gasteiger partial charge >= 0.3 is 0 Å². The predicted octanol–water partition coefficient (Wildman–Crippen LogP) is 2.64. The van der Waals surface area contributed by atoms with Crippen molar-refractivity contribution >= 4 is 0 Å². The lowest BCUT2D eigenvalue weighted by molar-refractivity contribution is 0.0533. The van der Waals surface area contributed by atoms with Crippen LogP contribution in [-0.4, -0.2) is 17.3 Å². The van der Waals surface area contributed by atoms with Gasteiger partial charge in [0.15, 0.2) is 0 Å². The molecule has 2 N–H and O–H groups in total. The molecule has 1 unspecified atom stereocenters. The Morgan fingerprint density at radius 1 is 1.50 bits per heavy atom. The smallest absolute Gasteiger partial charge is 0.123 e. The molecule has 0 saturated carbocycles. The van der Waals surface area contributed by atoms with Crippen LogP contribution in [0, 0.1) is 5.82 Å². The second-order valence-electron chi connectivity index (χ2n) is 4.51. The van der Waals surface area contributed by atoms with E-state index in [-0.39, 0.29) is 11.9 Å². The summed E-state index contributed by atoms with van der Waals surface area (Å²) in [6.07, 6.45) is 0.690. The summed E-state index contributed by atoms with van der Waals surface area (Å²) < 4.78 is 13.0. The monoisotopic (exact) mass is 225 g/mol. The minimum absolute atomic E-state index is 0.0359. The van der Waals surface area contributed by atoms with Gasteiger partial charge in [-0.2, -0.15) is 0 Å². The van der Waals surface area contributed by atoms with Crippen LogP contribution in [0.1, 0.15) is 38.8 Å². The van der Waals surface area contributed by atoms with E-state index in [9.17, 15) is 9.50 Å². The molecule has 0 aromatic heterocycles. The highest BCUT2D eigenvalue weighted by atomic mass is 19.1. The van der Waals surface area contributed by atoms with Crippen molar-refractivity contribution in [2.75, 3.05) is 6.54 Å². The highest BCUT2D eigenvalue weighted by Crippen LogP contribution is 2.15. The van der Waals surface area contributed by atoms with Crippen molar-refractivity contribution in [2.45, 2.75) is 38.8 Å². The molecule has 16 heavy (non-hydrogen) atoms. The van der Waals surface area contributed by atoms with Crippen LogP contribution in [0.4, 0.5) is 4.39 Å². The van der Waals surface area contributed by atoms with E-state index in [1.165, 1.54) is 12.1 Å². The number of hydrogen-bond donors (Lipinski definition) is 2. The van der Waals surface area contributed by atoms with Gasteiger partial charge in [-0.25, -0.2) is 4.39 Å². The maximum absolute atomic E-state index is 13.0. The van der Waals surface area contributed by atoms with Gasteiger partial charge in [-0.1, -0.05) is 19.1 Å². The largest absolute Gasteiger partial charge is 0.389 e. The van der Waals surface area contributed by atoms with Crippen molar-refractivity contribution in [3.63, 3.8) is 0 Å². The third-order valence-corrected chi connectivity index (χ3v) is 2.90. The molecule has 0 amide bonds. The second-order valence-corrected chi connectivity index (χ2v) is 4.51. The Morgan fingerprint density at radius 2 is 2.19 bits per heavy atom. The molecule has 0 heterocycles. The molecule has 3 heteroatoms. The van der Waals surface area contributed by atoms with Gasteiger partial charge in [-0.3, -0.25) is 0 Å². The quantitative estimate of drug-likeness (QED) is 0.807. The molecule has 1 aromatic carbocycles. The zero-order valence-electron chi connectivity index (χ0n) is 10.1. The van der Waals surface area contributed by atoms with Gasteiger partial charge in [-0.15, -0.1) is 0 Å². The van der Waals surface area contributed by atoms with Gasteiger partial charge in [0.1, 0.15) is 5.82 Å². The number of halogens is 1. The lowest BCUT2D eigenvalue weighted by atomic mass is 10.0. The number of aliphatic hydroxyl groups is 1. The zero-order chi connectivity index (χ0) is 12.2. The molecule has 2 atom stereocenters. The molecule has 1 rings (SSSR count). The van der Waals surface area contributed by atoms with Gasteiger partial charge in [-0.05, 0) is 38.0 Å². The molecule has 2 nitrogen and oxygen atoms in total. The molecule has 0 radical (unpaired) electrons. The van der Waals surface area contributed by atoms with Gasteiger partial charge in [0.2, 0.25) is 0 Å². The van der Waals surface area contributed by atoms with E-state index in [2.05, 4.69) is 5.32 Å². The van der Waals surface area contributed by atoms with Crippen LogP contribution in [0.15, 0.2) is 24.3 Å². The summed E-state index contributed by atoms with van der Waals surface area (Å²) in [4.78, 5) is 0. The zero-order valence-corrected chi connectivity index (χ0v) is 10.1. The maximum Gasteiger partial charge on any atom is 0.123 e. The summed E-state index contributed by atoms with van der Waals surface area (Å²) in [6.45, 7) is 6.19. The Balaban J connectivity index is 2.56. The number of nitrogens with one attached hydrogen (secondary N) is 1. The Bertz CT molecular complexity index is 338. The van der Waals surface area contributed by atoms with Crippen molar-refractivity contribution in [3.05, 3.63) is 35.6 Å². The lowest BCUT2D eigenvalue weighted by Gasteiger charge is -2.24. The van der Waals surface area contributed by atoms with Crippen LogP contribution >= 0.6 is 0 Å². The third kappa shape index (κ3) is 3.91. The Kier molecular flexibility index (Phi) is 4.44. The number of hydrogen-bond acceptors (Lipinski definition) is 2. The topological polar surface area (TPSA) is 32.3 Å². The molecular formula is C13H20FNO. The summed E-state index contributed by atoms with van der Waals surface area (Å²) in [5, 5.41) is 13.0. The molecule has 0 fully saturated rings. The Labute approximate surface area is 96.5 Å². The summed E-state index contributed by atoms with van der Waals surface area (Å²) >= 11 is 0. The minimum atomic E-state index is -0.707. The molecule has 0 aliphatic carbocycles. The fourth-order valence-electron chi connectivity index (χ4n) is 1.39. The van der Waals surface area contributed by atoms with Crippen LogP contribution in [-0.2, 0) is 0 Å². The first kappa shape index (κ1) is 13.1. The molecular weight excluding hydrogens is 205 g/mol. The van der Waals surface area contributed by atoms with Gasteiger partial charge < -0.3 is 10.4 Å². The highest BCUT2D eigenvalue weighted by molar-refractivity contribution is 5.19. The summed E-state index contributed by atoms with van der Waals surface area (Å²) in [5.74, 6) is -0.228. The normalized spacial score (nSPS) is 16.8. The molecule has 90 valence electrons.